The highest BCUT2D eigenvalue weighted by molar-refractivity contribution is 6.32. The van der Waals surface area contributed by atoms with Gasteiger partial charge < -0.3 is 19.2 Å². The maximum absolute atomic E-state index is 12.3. The molecule has 0 aliphatic carbocycles. The van der Waals surface area contributed by atoms with Crippen LogP contribution in [0.1, 0.15) is 26.5 Å². The summed E-state index contributed by atoms with van der Waals surface area (Å²) in [5.41, 5.74) is 0.751. The van der Waals surface area contributed by atoms with E-state index in [1.54, 1.807) is 12.1 Å². The van der Waals surface area contributed by atoms with Gasteiger partial charge in [0.1, 0.15) is 28.8 Å². The lowest BCUT2D eigenvalue weighted by atomic mass is 10.1. The molecule has 26 heavy (non-hydrogen) atoms. The van der Waals surface area contributed by atoms with Gasteiger partial charge in [-0.2, -0.15) is 0 Å². The first-order chi connectivity index (χ1) is 12.5. The van der Waals surface area contributed by atoms with Gasteiger partial charge in [-0.05, 0) is 18.2 Å². The number of carbonyl (C=O) groups excluding carboxylic acids is 2. The van der Waals surface area contributed by atoms with E-state index in [0.29, 0.717) is 21.8 Å². The van der Waals surface area contributed by atoms with Gasteiger partial charge in [0.2, 0.25) is 5.88 Å². The Morgan fingerprint density at radius 1 is 1.23 bits per heavy atom. The van der Waals surface area contributed by atoms with Crippen LogP contribution in [-0.2, 0) is 11.3 Å². The first kappa shape index (κ1) is 17.7. The Hall–Kier alpha value is -3.13. The Balaban J connectivity index is 1.83. The maximum Gasteiger partial charge on any atom is 0.341 e. The van der Waals surface area contributed by atoms with E-state index in [9.17, 15) is 9.59 Å². The number of nitrogens with one attached hydrogen (secondary N) is 1. The van der Waals surface area contributed by atoms with Crippen molar-refractivity contribution in [1.82, 2.24) is 15.3 Å². The third-order valence-electron chi connectivity index (χ3n) is 3.57. The molecule has 9 heteroatoms. The number of furan rings is 1. The van der Waals surface area contributed by atoms with Gasteiger partial charge >= 0.3 is 5.97 Å². The number of benzene rings is 1. The first-order valence-corrected chi connectivity index (χ1v) is 7.83. The Morgan fingerprint density at radius 3 is 2.77 bits per heavy atom. The summed E-state index contributed by atoms with van der Waals surface area (Å²) in [7, 11) is 2.69. The van der Waals surface area contributed by atoms with E-state index in [1.807, 2.05) is 0 Å². The summed E-state index contributed by atoms with van der Waals surface area (Å²) >= 11 is 6.03. The molecule has 0 saturated carbocycles. The van der Waals surface area contributed by atoms with Crippen molar-refractivity contribution in [3.63, 3.8) is 0 Å². The Kier molecular flexibility index (Phi) is 5.04. The van der Waals surface area contributed by atoms with Crippen molar-refractivity contribution in [2.45, 2.75) is 6.54 Å². The number of hydrogen-bond acceptors (Lipinski definition) is 7. The fraction of sp³-hybridized carbons (Fsp3) is 0.176. The molecule has 0 spiro atoms. The van der Waals surface area contributed by atoms with Crippen LogP contribution in [0.5, 0.6) is 5.88 Å². The number of esters is 1. The highest BCUT2D eigenvalue weighted by Crippen LogP contribution is 2.28. The number of fused-ring (bicyclic) bond motifs is 1. The second-order valence-electron chi connectivity index (χ2n) is 5.20. The molecule has 0 aliphatic rings. The molecular formula is C17H14ClN3O5. The molecule has 0 aliphatic heterocycles. The Bertz CT molecular complexity index is 986. The molecule has 8 nitrogen and oxygen atoms in total. The molecule has 0 bridgehead atoms. The number of rotatable bonds is 5. The molecule has 0 atom stereocenters. The molecule has 2 aromatic heterocycles. The number of carbonyl (C=O) groups is 2. The van der Waals surface area contributed by atoms with Crippen LogP contribution < -0.4 is 10.1 Å². The lowest BCUT2D eigenvalue weighted by Gasteiger charge is -2.06. The van der Waals surface area contributed by atoms with E-state index in [2.05, 4.69) is 15.3 Å². The molecule has 0 fully saturated rings. The molecule has 1 N–H and O–H groups in total. The second-order valence-corrected chi connectivity index (χ2v) is 5.64. The van der Waals surface area contributed by atoms with Crippen molar-refractivity contribution in [1.29, 1.82) is 0 Å². The van der Waals surface area contributed by atoms with Gasteiger partial charge in [0.05, 0.1) is 20.8 Å². The molecule has 2 heterocycles. The van der Waals surface area contributed by atoms with Gasteiger partial charge in [0.15, 0.2) is 0 Å². The zero-order valence-electron chi connectivity index (χ0n) is 13.9. The second kappa shape index (κ2) is 7.40. The van der Waals surface area contributed by atoms with Crippen molar-refractivity contribution in [3.05, 3.63) is 52.6 Å². The smallest absolute Gasteiger partial charge is 0.341 e. The zero-order valence-corrected chi connectivity index (χ0v) is 14.7. The summed E-state index contributed by atoms with van der Waals surface area (Å²) in [6.07, 6.45) is 2.64. The monoisotopic (exact) mass is 375 g/mol. The maximum atomic E-state index is 12.3. The fourth-order valence-electron chi connectivity index (χ4n) is 2.42. The van der Waals surface area contributed by atoms with Crippen LogP contribution in [0.3, 0.4) is 0 Å². The summed E-state index contributed by atoms with van der Waals surface area (Å²) in [5.74, 6) is -0.374. The van der Waals surface area contributed by atoms with E-state index in [0.717, 1.165) is 0 Å². The number of nitrogens with zero attached hydrogens (tertiary/aromatic N) is 2. The van der Waals surface area contributed by atoms with E-state index < -0.39 is 11.9 Å². The van der Waals surface area contributed by atoms with Gasteiger partial charge in [-0.1, -0.05) is 11.6 Å². The van der Waals surface area contributed by atoms with Gasteiger partial charge in [-0.25, -0.2) is 14.8 Å². The van der Waals surface area contributed by atoms with Crippen molar-refractivity contribution < 1.29 is 23.5 Å². The van der Waals surface area contributed by atoms with Crippen LogP contribution >= 0.6 is 11.6 Å². The average Bonchev–Trinajstić information content (AvgIpc) is 3.07. The van der Waals surface area contributed by atoms with Gasteiger partial charge in [0.25, 0.3) is 5.91 Å². The summed E-state index contributed by atoms with van der Waals surface area (Å²) in [6.45, 7) is 0.0871. The number of hydrogen-bond donors (Lipinski definition) is 1. The van der Waals surface area contributed by atoms with E-state index in [4.69, 9.17) is 25.5 Å². The fourth-order valence-corrected chi connectivity index (χ4v) is 2.64. The van der Waals surface area contributed by atoms with Crippen LogP contribution in [0.2, 0.25) is 5.02 Å². The quantitative estimate of drug-likeness (QED) is 0.683. The third-order valence-corrected chi connectivity index (χ3v) is 3.79. The van der Waals surface area contributed by atoms with Crippen LogP contribution in [0.15, 0.2) is 35.1 Å². The summed E-state index contributed by atoms with van der Waals surface area (Å²) in [6, 6.07) is 4.81. The standard InChI is InChI=1S/C17H14ClN3O5/c1-24-16-13(7-19-8-21-16)15(22)20-6-11-4-9-3-10(18)5-12(14(9)26-11)17(23)25-2/h3-5,7-8H,6H2,1-2H3,(H,20,22). The molecule has 3 rings (SSSR count). The predicted octanol–water partition coefficient (Wildman–Crippen LogP) is 2.60. The SMILES string of the molecule is COC(=O)c1cc(Cl)cc2cc(CNC(=O)c3cncnc3OC)oc12. The van der Waals surface area contributed by atoms with Crippen molar-refractivity contribution in [2.75, 3.05) is 14.2 Å². The van der Waals surface area contributed by atoms with Crippen molar-refractivity contribution in [3.8, 4) is 5.88 Å². The lowest BCUT2D eigenvalue weighted by Crippen LogP contribution is -2.23. The molecule has 134 valence electrons. The normalized spacial score (nSPS) is 10.6. The van der Waals surface area contributed by atoms with Crippen molar-refractivity contribution >= 4 is 34.4 Å². The molecular weight excluding hydrogens is 362 g/mol. The summed E-state index contributed by atoms with van der Waals surface area (Å²) < 4.78 is 15.5. The molecule has 0 radical (unpaired) electrons. The van der Waals surface area contributed by atoms with Crippen LogP contribution in [0.25, 0.3) is 11.0 Å². The summed E-state index contributed by atoms with van der Waals surface area (Å²) in [5, 5.41) is 3.69. The van der Waals surface area contributed by atoms with Crippen LogP contribution in [0, 0.1) is 0 Å². The predicted molar refractivity (Wildman–Crippen MR) is 92.3 cm³/mol. The van der Waals surface area contributed by atoms with Crippen molar-refractivity contribution in [2.24, 2.45) is 0 Å². The zero-order chi connectivity index (χ0) is 18.7. The third kappa shape index (κ3) is 3.45. The van der Waals surface area contributed by atoms with E-state index >= 15 is 0 Å². The largest absolute Gasteiger partial charge is 0.480 e. The first-order valence-electron chi connectivity index (χ1n) is 7.46. The van der Waals surface area contributed by atoms with E-state index in [-0.39, 0.29) is 23.6 Å². The highest BCUT2D eigenvalue weighted by Gasteiger charge is 2.18. The van der Waals surface area contributed by atoms with Gasteiger partial charge in [-0.15, -0.1) is 0 Å². The Labute approximate surface area is 153 Å². The Morgan fingerprint density at radius 2 is 2.04 bits per heavy atom. The number of ether oxygens (including phenoxy) is 2. The summed E-state index contributed by atoms with van der Waals surface area (Å²) in [4.78, 5) is 31.8. The highest BCUT2D eigenvalue weighted by atomic mass is 35.5. The number of halogens is 1. The van der Waals surface area contributed by atoms with E-state index in [1.165, 1.54) is 32.8 Å². The minimum atomic E-state index is -0.561. The minimum absolute atomic E-state index is 0.0871. The average molecular weight is 376 g/mol. The number of amides is 1. The number of aromatic nitrogens is 2. The molecule has 0 unspecified atom stereocenters. The van der Waals surface area contributed by atoms with Crippen LogP contribution in [-0.4, -0.2) is 36.1 Å². The van der Waals surface area contributed by atoms with Gasteiger partial charge in [0, 0.05) is 16.6 Å². The molecule has 0 saturated heterocycles. The van der Waals surface area contributed by atoms with Gasteiger partial charge in [-0.3, -0.25) is 4.79 Å². The topological polar surface area (TPSA) is 104 Å². The molecule has 3 aromatic rings. The van der Waals surface area contributed by atoms with Crippen LogP contribution in [0.4, 0.5) is 0 Å². The minimum Gasteiger partial charge on any atom is -0.480 e. The molecule has 1 amide bonds. The molecule has 1 aromatic carbocycles. The lowest BCUT2D eigenvalue weighted by molar-refractivity contribution is 0.0601. The number of methoxy groups -OCH3 is 2.